The predicted octanol–water partition coefficient (Wildman–Crippen LogP) is 2.83. The van der Waals surface area contributed by atoms with E-state index in [2.05, 4.69) is 11.4 Å². The van der Waals surface area contributed by atoms with Crippen molar-refractivity contribution in [2.24, 2.45) is 0 Å². The summed E-state index contributed by atoms with van der Waals surface area (Å²) in [6, 6.07) is 14.2. The highest BCUT2D eigenvalue weighted by Crippen LogP contribution is 2.27. The van der Waals surface area contributed by atoms with Crippen LogP contribution in [-0.2, 0) is 11.2 Å². The van der Waals surface area contributed by atoms with Crippen LogP contribution in [0.15, 0.2) is 48.5 Å². The van der Waals surface area contributed by atoms with Gasteiger partial charge >= 0.3 is 0 Å². The molecular formula is C16H15FN2O. The number of benzene rings is 2. The molecule has 20 heavy (non-hydrogen) atoms. The minimum absolute atomic E-state index is 0.202. The molecule has 0 spiro atoms. The minimum Gasteiger partial charge on any atom is -0.362 e. The van der Waals surface area contributed by atoms with E-state index in [1.807, 2.05) is 23.1 Å². The largest absolute Gasteiger partial charge is 0.362 e. The van der Waals surface area contributed by atoms with Gasteiger partial charge in [-0.25, -0.2) is 4.39 Å². The highest BCUT2D eigenvalue weighted by molar-refractivity contribution is 5.94. The molecule has 0 unspecified atom stereocenters. The Bertz CT molecular complexity index is 642. The lowest BCUT2D eigenvalue weighted by molar-refractivity contribution is -0.115. The number of nitrogens with one attached hydrogen (secondary N) is 1. The van der Waals surface area contributed by atoms with E-state index >= 15 is 0 Å². The second-order valence-electron chi connectivity index (χ2n) is 4.83. The Morgan fingerprint density at radius 3 is 2.75 bits per heavy atom. The molecule has 1 N–H and O–H groups in total. The maximum Gasteiger partial charge on any atom is 0.243 e. The first-order valence-corrected chi connectivity index (χ1v) is 6.61. The summed E-state index contributed by atoms with van der Waals surface area (Å²) < 4.78 is 13.5. The smallest absolute Gasteiger partial charge is 0.243 e. The molecule has 3 nitrogen and oxygen atoms in total. The van der Waals surface area contributed by atoms with Crippen molar-refractivity contribution in [1.29, 1.82) is 0 Å². The SMILES string of the molecule is O=C(CN1CCc2ccccc21)Nc1ccccc1F. The van der Waals surface area contributed by atoms with E-state index in [0.717, 1.165) is 18.7 Å². The Balaban J connectivity index is 1.68. The van der Waals surface area contributed by atoms with Gasteiger partial charge < -0.3 is 10.2 Å². The first kappa shape index (κ1) is 12.7. The topological polar surface area (TPSA) is 32.3 Å². The Hall–Kier alpha value is -2.36. The molecule has 1 aliphatic heterocycles. The number of amides is 1. The van der Waals surface area contributed by atoms with Crippen LogP contribution in [0.2, 0.25) is 0 Å². The summed E-state index contributed by atoms with van der Waals surface area (Å²) in [5.74, 6) is -0.616. The zero-order chi connectivity index (χ0) is 13.9. The maximum atomic E-state index is 13.5. The van der Waals surface area contributed by atoms with E-state index in [1.165, 1.54) is 11.6 Å². The van der Waals surface area contributed by atoms with Crippen molar-refractivity contribution in [2.45, 2.75) is 6.42 Å². The summed E-state index contributed by atoms with van der Waals surface area (Å²) >= 11 is 0. The number of halogens is 1. The molecule has 0 aromatic heterocycles. The number of nitrogens with zero attached hydrogens (tertiary/aromatic N) is 1. The Kier molecular flexibility index (Phi) is 3.37. The van der Waals surface area contributed by atoms with Crippen molar-refractivity contribution in [1.82, 2.24) is 0 Å². The van der Waals surface area contributed by atoms with Gasteiger partial charge in [0.25, 0.3) is 0 Å². The Labute approximate surface area is 117 Å². The summed E-state index contributed by atoms with van der Waals surface area (Å²) in [5.41, 5.74) is 2.58. The zero-order valence-electron chi connectivity index (χ0n) is 11.0. The molecule has 0 radical (unpaired) electrons. The van der Waals surface area contributed by atoms with Crippen LogP contribution in [0.25, 0.3) is 0 Å². The van der Waals surface area contributed by atoms with Crippen LogP contribution in [0.4, 0.5) is 15.8 Å². The quantitative estimate of drug-likeness (QED) is 0.930. The average Bonchev–Trinajstić information content (AvgIpc) is 2.85. The van der Waals surface area contributed by atoms with Gasteiger partial charge in [0.15, 0.2) is 0 Å². The fourth-order valence-electron chi connectivity index (χ4n) is 2.50. The fraction of sp³-hybridized carbons (Fsp3) is 0.188. The molecule has 102 valence electrons. The number of para-hydroxylation sites is 2. The van der Waals surface area contributed by atoms with Gasteiger partial charge in [-0.3, -0.25) is 4.79 Å². The lowest BCUT2D eigenvalue weighted by Gasteiger charge is -2.18. The first-order chi connectivity index (χ1) is 9.74. The first-order valence-electron chi connectivity index (χ1n) is 6.61. The van der Waals surface area contributed by atoms with Crippen LogP contribution >= 0.6 is 0 Å². The third kappa shape index (κ3) is 2.50. The van der Waals surface area contributed by atoms with Gasteiger partial charge in [0.1, 0.15) is 5.82 Å². The van der Waals surface area contributed by atoms with Crippen molar-refractivity contribution >= 4 is 17.3 Å². The number of carbonyl (C=O) groups excluding carboxylic acids is 1. The molecule has 4 heteroatoms. The minimum atomic E-state index is -0.414. The van der Waals surface area contributed by atoms with E-state index in [0.29, 0.717) is 0 Å². The van der Waals surface area contributed by atoms with Gasteiger partial charge in [-0.05, 0) is 30.2 Å². The van der Waals surface area contributed by atoms with Gasteiger partial charge in [-0.2, -0.15) is 0 Å². The molecule has 0 fully saturated rings. The number of hydrogen-bond donors (Lipinski definition) is 1. The summed E-state index contributed by atoms with van der Waals surface area (Å²) in [7, 11) is 0. The monoisotopic (exact) mass is 270 g/mol. The molecule has 3 rings (SSSR count). The van der Waals surface area contributed by atoms with Crippen LogP contribution in [0.3, 0.4) is 0 Å². The molecule has 1 heterocycles. The lowest BCUT2D eigenvalue weighted by Crippen LogP contribution is -2.32. The van der Waals surface area contributed by atoms with Crippen molar-refractivity contribution in [3.05, 3.63) is 59.9 Å². The van der Waals surface area contributed by atoms with Crippen molar-refractivity contribution in [2.75, 3.05) is 23.3 Å². The van der Waals surface area contributed by atoms with Crippen LogP contribution in [0.1, 0.15) is 5.56 Å². The number of rotatable bonds is 3. The van der Waals surface area contributed by atoms with Gasteiger partial charge in [0, 0.05) is 12.2 Å². The number of fused-ring (bicyclic) bond motifs is 1. The van der Waals surface area contributed by atoms with E-state index in [9.17, 15) is 9.18 Å². The van der Waals surface area contributed by atoms with Crippen LogP contribution in [0, 0.1) is 5.82 Å². The summed E-state index contributed by atoms with van der Waals surface area (Å²) in [6.07, 6.45) is 0.948. The Morgan fingerprint density at radius 1 is 1.15 bits per heavy atom. The van der Waals surface area contributed by atoms with Gasteiger partial charge in [-0.15, -0.1) is 0 Å². The van der Waals surface area contributed by atoms with Crippen LogP contribution < -0.4 is 10.2 Å². The average molecular weight is 270 g/mol. The molecular weight excluding hydrogens is 255 g/mol. The van der Waals surface area contributed by atoms with E-state index in [1.54, 1.807) is 18.2 Å². The molecule has 2 aromatic rings. The van der Waals surface area contributed by atoms with E-state index in [-0.39, 0.29) is 18.1 Å². The van der Waals surface area contributed by atoms with Gasteiger partial charge in [0.2, 0.25) is 5.91 Å². The second kappa shape index (κ2) is 5.33. The summed E-state index contributed by atoms with van der Waals surface area (Å²) in [4.78, 5) is 14.0. The third-order valence-electron chi connectivity index (χ3n) is 3.47. The van der Waals surface area contributed by atoms with Crippen molar-refractivity contribution in [3.63, 3.8) is 0 Å². The lowest BCUT2D eigenvalue weighted by atomic mass is 10.2. The second-order valence-corrected chi connectivity index (χ2v) is 4.83. The highest BCUT2D eigenvalue weighted by Gasteiger charge is 2.20. The van der Waals surface area contributed by atoms with Crippen LogP contribution in [0.5, 0.6) is 0 Å². The number of anilines is 2. The molecule has 0 aliphatic carbocycles. The molecule has 2 aromatic carbocycles. The molecule has 0 atom stereocenters. The molecule has 1 amide bonds. The Morgan fingerprint density at radius 2 is 1.90 bits per heavy atom. The summed E-state index contributed by atoms with van der Waals surface area (Å²) in [5, 5.41) is 2.61. The molecule has 1 aliphatic rings. The van der Waals surface area contributed by atoms with Gasteiger partial charge in [0.05, 0.1) is 12.2 Å². The summed E-state index contributed by atoms with van der Waals surface area (Å²) in [6.45, 7) is 1.06. The van der Waals surface area contributed by atoms with E-state index < -0.39 is 5.82 Å². The van der Waals surface area contributed by atoms with Gasteiger partial charge in [-0.1, -0.05) is 30.3 Å². The number of carbonyl (C=O) groups is 1. The standard InChI is InChI=1S/C16H15FN2O/c17-13-6-2-3-7-14(13)18-16(20)11-19-10-9-12-5-1-4-8-15(12)19/h1-8H,9-11H2,(H,18,20). The zero-order valence-corrected chi connectivity index (χ0v) is 11.0. The van der Waals surface area contributed by atoms with Crippen molar-refractivity contribution < 1.29 is 9.18 Å². The normalized spacial score (nSPS) is 13.2. The highest BCUT2D eigenvalue weighted by atomic mass is 19.1. The van der Waals surface area contributed by atoms with Crippen molar-refractivity contribution in [3.8, 4) is 0 Å². The van der Waals surface area contributed by atoms with Crippen LogP contribution in [-0.4, -0.2) is 19.0 Å². The predicted molar refractivity (Wildman–Crippen MR) is 77.4 cm³/mol. The number of hydrogen-bond acceptors (Lipinski definition) is 2. The van der Waals surface area contributed by atoms with E-state index in [4.69, 9.17) is 0 Å². The molecule has 0 bridgehead atoms. The fourth-order valence-corrected chi connectivity index (χ4v) is 2.50. The molecule has 0 saturated carbocycles. The molecule has 0 saturated heterocycles. The third-order valence-corrected chi connectivity index (χ3v) is 3.47. The maximum absolute atomic E-state index is 13.5.